The summed E-state index contributed by atoms with van der Waals surface area (Å²) in [6.45, 7) is 0. The quantitative estimate of drug-likeness (QED) is 0.730. The van der Waals surface area contributed by atoms with Crippen molar-refractivity contribution in [3.63, 3.8) is 0 Å². The van der Waals surface area contributed by atoms with Crippen molar-refractivity contribution in [3.8, 4) is 5.75 Å². The number of hydrogen-bond acceptors (Lipinski definition) is 2. The predicted molar refractivity (Wildman–Crippen MR) is 101 cm³/mol. The first-order valence-electron chi connectivity index (χ1n) is 9.31. The molecule has 5 heteroatoms. The summed E-state index contributed by atoms with van der Waals surface area (Å²) in [4.78, 5) is 1.94. The van der Waals surface area contributed by atoms with Gasteiger partial charge in [-0.1, -0.05) is 6.07 Å². The number of fused-ring (bicyclic) bond motifs is 2. The van der Waals surface area contributed by atoms with Gasteiger partial charge in [0.25, 0.3) is 0 Å². The van der Waals surface area contributed by atoms with Crippen LogP contribution in [0, 0.1) is 0 Å². The Morgan fingerprint density at radius 1 is 1.12 bits per heavy atom. The van der Waals surface area contributed by atoms with E-state index in [0.717, 1.165) is 34.7 Å². The average molecular weight is 347 g/mol. The summed E-state index contributed by atoms with van der Waals surface area (Å²) in [6, 6.07) is 11.1. The molecule has 0 radical (unpaired) electrons. The van der Waals surface area contributed by atoms with Crippen LogP contribution in [0.4, 0.5) is 5.69 Å². The highest BCUT2D eigenvalue weighted by molar-refractivity contribution is 7.80. The molecule has 4 rings (SSSR count). The van der Waals surface area contributed by atoms with E-state index < -0.39 is 0 Å². The largest absolute Gasteiger partial charge is 0.497 e. The second-order valence-corrected chi connectivity index (χ2v) is 8.01. The summed E-state index contributed by atoms with van der Waals surface area (Å²) in [5.41, 5.74) is 0.980. The van der Waals surface area contributed by atoms with Crippen LogP contribution in [0.25, 0.3) is 0 Å². The first-order valence-corrected chi connectivity index (χ1v) is 9.72. The van der Waals surface area contributed by atoms with Gasteiger partial charge in [-0.05, 0) is 43.6 Å². The van der Waals surface area contributed by atoms with Crippen LogP contribution in [0.1, 0.15) is 44.9 Å². The molecule has 24 heavy (non-hydrogen) atoms. The minimum absolute atomic E-state index is 0.522. The summed E-state index contributed by atoms with van der Waals surface area (Å²) >= 11 is 5.55. The second-order valence-electron chi connectivity index (χ2n) is 7.60. The highest BCUT2D eigenvalue weighted by Gasteiger charge is 2.48. The van der Waals surface area contributed by atoms with Crippen LogP contribution >= 0.6 is 12.2 Å². The monoisotopic (exact) mass is 346 g/mol. The highest BCUT2D eigenvalue weighted by Crippen LogP contribution is 2.27. The Morgan fingerprint density at radius 2 is 1.88 bits per heavy atom. The minimum Gasteiger partial charge on any atom is -0.497 e. The van der Waals surface area contributed by atoms with Crippen LogP contribution in [-0.4, -0.2) is 36.4 Å². The van der Waals surface area contributed by atoms with Gasteiger partial charge >= 0.3 is 0 Å². The van der Waals surface area contributed by atoms with Gasteiger partial charge in [0.15, 0.2) is 5.11 Å². The molecule has 1 saturated carbocycles. The van der Waals surface area contributed by atoms with Crippen LogP contribution in [0.15, 0.2) is 24.3 Å². The van der Waals surface area contributed by atoms with Gasteiger partial charge in [-0.25, -0.2) is 0 Å². The van der Waals surface area contributed by atoms with Crippen LogP contribution < -0.4 is 20.3 Å². The lowest BCUT2D eigenvalue weighted by Crippen LogP contribution is -3.22. The lowest BCUT2D eigenvalue weighted by atomic mass is 9.81. The van der Waals surface area contributed by atoms with Crippen molar-refractivity contribution in [3.05, 3.63) is 24.3 Å². The third-order valence-corrected chi connectivity index (χ3v) is 6.12. The molecule has 4 nitrogen and oxygen atoms in total. The molecule has 130 valence electrons. The highest BCUT2D eigenvalue weighted by atomic mass is 32.1. The molecule has 1 aliphatic carbocycles. The molecule has 1 aromatic carbocycles. The summed E-state index contributed by atoms with van der Waals surface area (Å²) in [6.07, 6.45) is 9.66. The van der Waals surface area contributed by atoms with Crippen LogP contribution in [0.5, 0.6) is 5.75 Å². The van der Waals surface area contributed by atoms with E-state index >= 15 is 0 Å². The number of thiocarbonyl (C=S) groups is 1. The molecule has 2 aliphatic heterocycles. The third kappa shape index (κ3) is 3.52. The smallest absolute Gasteiger partial charge is 0.171 e. The normalized spacial score (nSPS) is 32.0. The molecule has 1 aromatic rings. The maximum Gasteiger partial charge on any atom is 0.171 e. The van der Waals surface area contributed by atoms with E-state index in [1.165, 1.54) is 44.9 Å². The number of anilines is 1. The fourth-order valence-corrected chi connectivity index (χ4v) is 5.11. The zero-order valence-corrected chi connectivity index (χ0v) is 15.2. The predicted octanol–water partition coefficient (Wildman–Crippen LogP) is 2.11. The van der Waals surface area contributed by atoms with Gasteiger partial charge in [-0.2, -0.15) is 0 Å². The van der Waals surface area contributed by atoms with E-state index in [9.17, 15) is 0 Å². The van der Waals surface area contributed by atoms with Gasteiger partial charge in [0.2, 0.25) is 0 Å². The molecule has 2 unspecified atom stereocenters. The number of nitrogens with one attached hydrogen (secondary N) is 3. The van der Waals surface area contributed by atoms with Gasteiger partial charge in [0, 0.05) is 43.5 Å². The van der Waals surface area contributed by atoms with Gasteiger partial charge in [0.1, 0.15) is 5.75 Å². The van der Waals surface area contributed by atoms with E-state index in [4.69, 9.17) is 17.0 Å². The Morgan fingerprint density at radius 3 is 2.54 bits per heavy atom. The summed E-state index contributed by atoms with van der Waals surface area (Å²) in [5, 5.41) is 7.63. The maximum atomic E-state index is 5.55. The van der Waals surface area contributed by atoms with E-state index in [2.05, 4.69) is 10.6 Å². The van der Waals surface area contributed by atoms with E-state index in [1.54, 1.807) is 7.11 Å². The molecule has 2 bridgehead atoms. The number of rotatable bonds is 4. The number of methoxy groups -OCH3 is 1. The van der Waals surface area contributed by atoms with Crippen LogP contribution in [0.3, 0.4) is 0 Å². The molecule has 3 fully saturated rings. The van der Waals surface area contributed by atoms with E-state index in [-0.39, 0.29) is 0 Å². The van der Waals surface area contributed by atoms with Crippen molar-refractivity contribution < 1.29 is 9.64 Å². The molecule has 3 aliphatic rings. The standard InChI is InChI=1S/C19H27N3OS/c1-23-18-7-2-4-13(12-18)20-19(24)21-14-10-16-5-3-6-17(11-14)22(16)15-8-9-15/h2,4,7,12,14-17H,3,5-6,8-11H2,1H3,(H2,20,21,24)/p+1/t14?,16-,17+. The number of benzene rings is 1. The molecule has 2 heterocycles. The number of quaternary nitrogens is 1. The SMILES string of the molecule is COc1cccc(NC(=S)NC2C[C@H]3CCC[C@@H](C2)[NH+]3C2CC2)c1. The van der Waals surface area contributed by atoms with Crippen LogP contribution in [-0.2, 0) is 0 Å². The fraction of sp³-hybridized carbons (Fsp3) is 0.632. The maximum absolute atomic E-state index is 5.55. The van der Waals surface area contributed by atoms with Crippen molar-refractivity contribution in [2.75, 3.05) is 12.4 Å². The summed E-state index contributed by atoms with van der Waals surface area (Å²) in [7, 11) is 1.68. The van der Waals surface area contributed by atoms with E-state index in [0.29, 0.717) is 6.04 Å². The third-order valence-electron chi connectivity index (χ3n) is 5.90. The lowest BCUT2D eigenvalue weighted by molar-refractivity contribution is -0.971. The zero-order chi connectivity index (χ0) is 16.5. The molecular formula is C19H28N3OS+. The number of ether oxygens (including phenoxy) is 1. The average Bonchev–Trinajstić information content (AvgIpc) is 3.39. The minimum atomic E-state index is 0.522. The molecule has 0 aromatic heterocycles. The van der Waals surface area contributed by atoms with Crippen molar-refractivity contribution in [1.82, 2.24) is 5.32 Å². The lowest BCUT2D eigenvalue weighted by Gasteiger charge is -2.46. The Balaban J connectivity index is 1.34. The molecule has 0 spiro atoms. The Labute approximate surface area is 149 Å². The van der Waals surface area contributed by atoms with Gasteiger partial charge < -0.3 is 20.3 Å². The molecule has 3 N–H and O–H groups in total. The van der Waals surface area contributed by atoms with Gasteiger partial charge in [-0.3, -0.25) is 0 Å². The van der Waals surface area contributed by atoms with Crippen molar-refractivity contribution >= 4 is 23.0 Å². The number of hydrogen-bond donors (Lipinski definition) is 3. The topological polar surface area (TPSA) is 37.7 Å². The first kappa shape index (κ1) is 16.2. The summed E-state index contributed by atoms with van der Waals surface area (Å²) < 4.78 is 5.27. The first-order chi connectivity index (χ1) is 11.7. The molecular weight excluding hydrogens is 318 g/mol. The zero-order valence-electron chi connectivity index (χ0n) is 14.4. The van der Waals surface area contributed by atoms with Crippen molar-refractivity contribution in [2.45, 2.75) is 69.1 Å². The molecule has 4 atom stereocenters. The number of piperidine rings is 2. The Hall–Kier alpha value is -1.33. The van der Waals surface area contributed by atoms with Crippen molar-refractivity contribution in [2.24, 2.45) is 0 Å². The summed E-state index contributed by atoms with van der Waals surface area (Å²) in [5.74, 6) is 0.846. The van der Waals surface area contributed by atoms with Gasteiger partial charge in [-0.15, -0.1) is 0 Å². The van der Waals surface area contributed by atoms with Gasteiger partial charge in [0.05, 0.1) is 25.2 Å². The van der Waals surface area contributed by atoms with E-state index in [1.807, 2.05) is 29.2 Å². The molecule has 2 saturated heterocycles. The fourth-order valence-electron chi connectivity index (χ4n) is 4.82. The second kappa shape index (κ2) is 6.89. The van der Waals surface area contributed by atoms with Crippen molar-refractivity contribution in [1.29, 1.82) is 0 Å². The van der Waals surface area contributed by atoms with Crippen LogP contribution in [0.2, 0.25) is 0 Å². The molecule has 0 amide bonds. The Bertz CT molecular complexity index is 590. The Kier molecular flexibility index (Phi) is 4.63.